The van der Waals surface area contributed by atoms with E-state index in [0.29, 0.717) is 12.5 Å². The lowest BCUT2D eigenvalue weighted by atomic mass is 9.79. The van der Waals surface area contributed by atoms with Crippen LogP contribution in [0.3, 0.4) is 0 Å². The van der Waals surface area contributed by atoms with E-state index in [9.17, 15) is 4.79 Å². The zero-order chi connectivity index (χ0) is 16.1. The van der Waals surface area contributed by atoms with Crippen molar-refractivity contribution in [2.45, 2.75) is 38.2 Å². The summed E-state index contributed by atoms with van der Waals surface area (Å²) in [6.07, 6.45) is 3.49. The van der Waals surface area contributed by atoms with Crippen LogP contribution < -0.4 is 4.74 Å². The Balaban J connectivity index is 1.54. The molecule has 0 unspecified atom stereocenters. The molecule has 0 radical (unpaired) electrons. The molecule has 1 N–H and O–H groups in total. The maximum atomic E-state index is 11.0. The van der Waals surface area contributed by atoms with E-state index in [2.05, 4.69) is 24.3 Å². The molecule has 3 rings (SSSR count). The summed E-state index contributed by atoms with van der Waals surface area (Å²) in [7, 11) is 0. The molecule has 0 spiro atoms. The fourth-order valence-electron chi connectivity index (χ4n) is 3.25. The van der Waals surface area contributed by atoms with Gasteiger partial charge in [0.1, 0.15) is 12.4 Å². The summed E-state index contributed by atoms with van der Waals surface area (Å²) in [5.41, 5.74) is 2.45. The van der Waals surface area contributed by atoms with Crippen LogP contribution in [0.4, 0.5) is 0 Å². The van der Waals surface area contributed by atoms with E-state index in [1.165, 1.54) is 5.56 Å². The Labute approximate surface area is 136 Å². The van der Waals surface area contributed by atoms with Crippen molar-refractivity contribution >= 4 is 5.97 Å². The average molecular weight is 310 g/mol. The molecule has 0 saturated heterocycles. The van der Waals surface area contributed by atoms with Gasteiger partial charge in [0, 0.05) is 0 Å². The van der Waals surface area contributed by atoms with Gasteiger partial charge in [-0.25, -0.2) is 0 Å². The molecular weight excluding hydrogens is 288 g/mol. The normalized spacial score (nSPS) is 20.9. The maximum absolute atomic E-state index is 11.0. The summed E-state index contributed by atoms with van der Waals surface area (Å²) in [6.45, 7) is 0.573. The second kappa shape index (κ2) is 7.32. The zero-order valence-corrected chi connectivity index (χ0v) is 13.2. The predicted octanol–water partition coefficient (Wildman–Crippen LogP) is 4.62. The number of hydrogen-bond acceptors (Lipinski definition) is 2. The van der Waals surface area contributed by atoms with E-state index in [-0.39, 0.29) is 5.92 Å². The summed E-state index contributed by atoms with van der Waals surface area (Å²) in [4.78, 5) is 11.0. The topological polar surface area (TPSA) is 46.5 Å². The van der Waals surface area contributed by atoms with Crippen molar-refractivity contribution in [1.82, 2.24) is 0 Å². The van der Waals surface area contributed by atoms with Crippen molar-refractivity contribution in [2.75, 3.05) is 0 Å². The van der Waals surface area contributed by atoms with Crippen LogP contribution in [-0.4, -0.2) is 11.1 Å². The SMILES string of the molecule is O=C(O)C1CCC(c2ccc(OCc3ccccc3)cc2)CC1. The van der Waals surface area contributed by atoms with Gasteiger partial charge >= 0.3 is 5.97 Å². The molecule has 0 atom stereocenters. The van der Waals surface area contributed by atoms with Gasteiger partial charge in [0.05, 0.1) is 5.92 Å². The highest BCUT2D eigenvalue weighted by atomic mass is 16.5. The van der Waals surface area contributed by atoms with Crippen molar-refractivity contribution in [2.24, 2.45) is 5.92 Å². The van der Waals surface area contributed by atoms with Crippen LogP contribution in [-0.2, 0) is 11.4 Å². The Morgan fingerprint density at radius 2 is 1.61 bits per heavy atom. The Bertz CT molecular complexity index is 626. The lowest BCUT2D eigenvalue weighted by Crippen LogP contribution is -2.20. The first kappa shape index (κ1) is 15.6. The molecule has 3 nitrogen and oxygen atoms in total. The van der Waals surface area contributed by atoms with Crippen LogP contribution in [0.5, 0.6) is 5.75 Å². The van der Waals surface area contributed by atoms with E-state index in [1.54, 1.807) is 0 Å². The quantitative estimate of drug-likeness (QED) is 0.876. The molecule has 120 valence electrons. The molecule has 23 heavy (non-hydrogen) atoms. The number of benzene rings is 2. The molecule has 1 fully saturated rings. The highest BCUT2D eigenvalue weighted by Gasteiger charge is 2.26. The fourth-order valence-corrected chi connectivity index (χ4v) is 3.25. The van der Waals surface area contributed by atoms with Crippen molar-refractivity contribution < 1.29 is 14.6 Å². The molecule has 0 heterocycles. The van der Waals surface area contributed by atoms with Crippen LogP contribution in [0.2, 0.25) is 0 Å². The second-order valence-corrected chi connectivity index (χ2v) is 6.23. The Hall–Kier alpha value is -2.29. The highest BCUT2D eigenvalue weighted by molar-refractivity contribution is 5.70. The molecule has 0 bridgehead atoms. The largest absolute Gasteiger partial charge is 0.489 e. The van der Waals surface area contributed by atoms with Gasteiger partial charge in [-0.1, -0.05) is 42.5 Å². The molecule has 1 aliphatic rings. The van der Waals surface area contributed by atoms with Gasteiger partial charge in [-0.15, -0.1) is 0 Å². The van der Waals surface area contributed by atoms with E-state index in [0.717, 1.165) is 37.0 Å². The lowest BCUT2D eigenvalue weighted by Gasteiger charge is -2.26. The molecule has 2 aromatic carbocycles. The molecule has 0 aliphatic heterocycles. The third-order valence-corrected chi connectivity index (χ3v) is 4.68. The third-order valence-electron chi connectivity index (χ3n) is 4.68. The van der Waals surface area contributed by atoms with E-state index in [4.69, 9.17) is 9.84 Å². The van der Waals surface area contributed by atoms with Gasteiger partial charge in [-0.2, -0.15) is 0 Å². The summed E-state index contributed by atoms with van der Waals surface area (Å²) >= 11 is 0. The van der Waals surface area contributed by atoms with E-state index < -0.39 is 5.97 Å². The monoisotopic (exact) mass is 310 g/mol. The molecular formula is C20H22O3. The first-order valence-corrected chi connectivity index (χ1v) is 8.22. The molecule has 1 saturated carbocycles. The fraction of sp³-hybridized carbons (Fsp3) is 0.350. The van der Waals surface area contributed by atoms with E-state index in [1.807, 2.05) is 30.3 Å². The third kappa shape index (κ3) is 4.13. The number of carboxylic acids is 1. The van der Waals surface area contributed by atoms with Crippen LogP contribution in [0.1, 0.15) is 42.7 Å². The van der Waals surface area contributed by atoms with Gasteiger partial charge in [0.25, 0.3) is 0 Å². The Morgan fingerprint density at radius 1 is 0.957 bits per heavy atom. The number of carboxylic acid groups (broad SMARTS) is 1. The maximum Gasteiger partial charge on any atom is 0.306 e. The minimum atomic E-state index is -0.645. The number of ether oxygens (including phenoxy) is 1. The van der Waals surface area contributed by atoms with Crippen molar-refractivity contribution in [3.8, 4) is 5.75 Å². The molecule has 3 heteroatoms. The standard InChI is InChI=1S/C20H22O3/c21-20(22)18-8-6-16(7-9-18)17-10-12-19(13-11-17)23-14-15-4-2-1-3-5-15/h1-5,10-13,16,18H,6-9,14H2,(H,21,22). The highest BCUT2D eigenvalue weighted by Crippen LogP contribution is 2.36. The first-order chi connectivity index (χ1) is 11.2. The smallest absolute Gasteiger partial charge is 0.306 e. The summed E-state index contributed by atoms with van der Waals surface area (Å²) in [6, 6.07) is 18.4. The Kier molecular flexibility index (Phi) is 4.96. The lowest BCUT2D eigenvalue weighted by molar-refractivity contribution is -0.142. The summed E-state index contributed by atoms with van der Waals surface area (Å²) < 4.78 is 5.81. The van der Waals surface area contributed by atoms with Gasteiger partial charge in [0.2, 0.25) is 0 Å². The van der Waals surface area contributed by atoms with Gasteiger partial charge in [0.15, 0.2) is 0 Å². The van der Waals surface area contributed by atoms with Crippen LogP contribution in [0.15, 0.2) is 54.6 Å². The predicted molar refractivity (Wildman–Crippen MR) is 89.6 cm³/mol. The van der Waals surface area contributed by atoms with Crippen molar-refractivity contribution in [3.63, 3.8) is 0 Å². The van der Waals surface area contributed by atoms with E-state index >= 15 is 0 Å². The summed E-state index contributed by atoms with van der Waals surface area (Å²) in [5, 5.41) is 9.07. The summed E-state index contributed by atoms with van der Waals surface area (Å²) in [5.74, 6) is 0.554. The number of aliphatic carboxylic acids is 1. The van der Waals surface area contributed by atoms with Crippen LogP contribution in [0.25, 0.3) is 0 Å². The first-order valence-electron chi connectivity index (χ1n) is 8.22. The van der Waals surface area contributed by atoms with Crippen molar-refractivity contribution in [3.05, 3.63) is 65.7 Å². The van der Waals surface area contributed by atoms with Gasteiger partial charge in [-0.05, 0) is 54.9 Å². The molecule has 0 aromatic heterocycles. The zero-order valence-electron chi connectivity index (χ0n) is 13.2. The van der Waals surface area contributed by atoms with Crippen molar-refractivity contribution in [1.29, 1.82) is 0 Å². The Morgan fingerprint density at radius 3 is 2.22 bits per heavy atom. The van der Waals surface area contributed by atoms with Gasteiger partial charge < -0.3 is 9.84 Å². The number of rotatable bonds is 5. The average Bonchev–Trinajstić information content (AvgIpc) is 2.61. The van der Waals surface area contributed by atoms with Gasteiger partial charge in [-0.3, -0.25) is 4.79 Å². The van der Waals surface area contributed by atoms with Crippen LogP contribution >= 0.6 is 0 Å². The minimum absolute atomic E-state index is 0.153. The van der Waals surface area contributed by atoms with Crippen LogP contribution in [0, 0.1) is 5.92 Å². The second-order valence-electron chi connectivity index (χ2n) is 6.23. The number of hydrogen-bond donors (Lipinski definition) is 1. The number of carbonyl (C=O) groups is 1. The molecule has 1 aliphatic carbocycles. The molecule has 0 amide bonds. The minimum Gasteiger partial charge on any atom is -0.489 e. The molecule has 2 aromatic rings.